The van der Waals surface area contributed by atoms with E-state index < -0.39 is 0 Å². The standard InChI is InChI=1S/C15H34N2/c1-5-8-9-10-11-12-15(16-4)13-14-17(6-2)7-3/h15-16H,5-14H2,1-4H3. The van der Waals surface area contributed by atoms with E-state index in [1.807, 2.05) is 0 Å². The summed E-state index contributed by atoms with van der Waals surface area (Å²) < 4.78 is 0. The third kappa shape index (κ3) is 9.61. The minimum absolute atomic E-state index is 0.720. The lowest BCUT2D eigenvalue weighted by Gasteiger charge is -2.22. The quantitative estimate of drug-likeness (QED) is 0.525. The molecule has 1 atom stereocenters. The Labute approximate surface area is 109 Å². The van der Waals surface area contributed by atoms with E-state index in [4.69, 9.17) is 0 Å². The van der Waals surface area contributed by atoms with Crippen molar-refractivity contribution in [1.29, 1.82) is 0 Å². The lowest BCUT2D eigenvalue weighted by atomic mass is 10.0. The van der Waals surface area contributed by atoms with Crippen molar-refractivity contribution in [2.45, 2.75) is 71.8 Å². The normalized spacial score (nSPS) is 13.2. The van der Waals surface area contributed by atoms with Crippen LogP contribution in [-0.2, 0) is 0 Å². The van der Waals surface area contributed by atoms with Crippen molar-refractivity contribution in [1.82, 2.24) is 10.2 Å². The predicted molar refractivity (Wildman–Crippen MR) is 78.6 cm³/mol. The van der Waals surface area contributed by atoms with Gasteiger partial charge in [-0.1, -0.05) is 52.9 Å². The number of hydrogen-bond donors (Lipinski definition) is 1. The van der Waals surface area contributed by atoms with Crippen LogP contribution in [0, 0.1) is 0 Å². The third-order valence-corrected chi connectivity index (χ3v) is 3.75. The van der Waals surface area contributed by atoms with Crippen molar-refractivity contribution >= 4 is 0 Å². The first kappa shape index (κ1) is 16.9. The molecule has 0 aromatic heterocycles. The van der Waals surface area contributed by atoms with Crippen LogP contribution >= 0.6 is 0 Å². The van der Waals surface area contributed by atoms with Gasteiger partial charge in [0, 0.05) is 6.04 Å². The van der Waals surface area contributed by atoms with Crippen molar-refractivity contribution in [2.75, 3.05) is 26.7 Å². The van der Waals surface area contributed by atoms with Crippen LogP contribution in [0.5, 0.6) is 0 Å². The molecule has 17 heavy (non-hydrogen) atoms. The van der Waals surface area contributed by atoms with Gasteiger partial charge in [-0.3, -0.25) is 0 Å². The second kappa shape index (κ2) is 12.4. The van der Waals surface area contributed by atoms with Gasteiger partial charge in [-0.25, -0.2) is 0 Å². The summed E-state index contributed by atoms with van der Waals surface area (Å²) in [6, 6.07) is 0.720. The first-order valence-electron chi connectivity index (χ1n) is 7.68. The van der Waals surface area contributed by atoms with Gasteiger partial charge in [0.15, 0.2) is 0 Å². The van der Waals surface area contributed by atoms with E-state index in [9.17, 15) is 0 Å². The van der Waals surface area contributed by atoms with Crippen molar-refractivity contribution in [3.63, 3.8) is 0 Å². The van der Waals surface area contributed by atoms with Crippen LogP contribution in [0.1, 0.15) is 65.7 Å². The maximum absolute atomic E-state index is 3.47. The zero-order chi connectivity index (χ0) is 12.9. The van der Waals surface area contributed by atoms with E-state index in [0.29, 0.717) is 0 Å². The van der Waals surface area contributed by atoms with E-state index in [1.54, 1.807) is 0 Å². The molecular weight excluding hydrogens is 208 g/mol. The Bertz CT molecular complexity index is 144. The molecule has 0 saturated heterocycles. The summed E-state index contributed by atoms with van der Waals surface area (Å²) >= 11 is 0. The topological polar surface area (TPSA) is 15.3 Å². The summed E-state index contributed by atoms with van der Waals surface area (Å²) in [7, 11) is 2.11. The molecule has 0 rings (SSSR count). The van der Waals surface area contributed by atoms with E-state index in [2.05, 4.69) is 38.0 Å². The summed E-state index contributed by atoms with van der Waals surface area (Å²) in [5, 5.41) is 3.47. The van der Waals surface area contributed by atoms with Crippen LogP contribution in [0.3, 0.4) is 0 Å². The van der Waals surface area contributed by atoms with E-state index in [-0.39, 0.29) is 0 Å². The fourth-order valence-corrected chi connectivity index (χ4v) is 2.31. The third-order valence-electron chi connectivity index (χ3n) is 3.75. The highest BCUT2D eigenvalue weighted by Gasteiger charge is 2.07. The number of hydrogen-bond acceptors (Lipinski definition) is 2. The number of nitrogens with one attached hydrogen (secondary N) is 1. The summed E-state index contributed by atoms with van der Waals surface area (Å²) in [5.41, 5.74) is 0. The maximum atomic E-state index is 3.47. The second-order valence-corrected chi connectivity index (χ2v) is 5.00. The van der Waals surface area contributed by atoms with Crippen LogP contribution in [0.4, 0.5) is 0 Å². The Morgan fingerprint density at radius 1 is 0.882 bits per heavy atom. The highest BCUT2D eigenvalue weighted by Crippen LogP contribution is 2.09. The maximum Gasteiger partial charge on any atom is 0.00762 e. The van der Waals surface area contributed by atoms with Gasteiger partial charge >= 0.3 is 0 Å². The lowest BCUT2D eigenvalue weighted by molar-refractivity contribution is 0.279. The molecule has 1 N–H and O–H groups in total. The Balaban J connectivity index is 3.54. The molecule has 0 aromatic carbocycles. The molecule has 0 fully saturated rings. The highest BCUT2D eigenvalue weighted by atomic mass is 15.1. The molecule has 0 aliphatic heterocycles. The fourth-order valence-electron chi connectivity index (χ4n) is 2.31. The van der Waals surface area contributed by atoms with Gasteiger partial charge in [-0.05, 0) is 39.5 Å². The Morgan fingerprint density at radius 2 is 1.53 bits per heavy atom. The van der Waals surface area contributed by atoms with Gasteiger partial charge in [0.25, 0.3) is 0 Å². The lowest BCUT2D eigenvalue weighted by Crippen LogP contribution is -2.32. The first-order chi connectivity index (χ1) is 8.28. The molecule has 1 unspecified atom stereocenters. The molecule has 0 aliphatic rings. The van der Waals surface area contributed by atoms with E-state index >= 15 is 0 Å². The smallest absolute Gasteiger partial charge is 0.00762 e. The Hall–Kier alpha value is -0.0800. The van der Waals surface area contributed by atoms with E-state index in [0.717, 1.165) is 6.04 Å². The Morgan fingerprint density at radius 3 is 2.06 bits per heavy atom. The summed E-state index contributed by atoms with van der Waals surface area (Å²) in [6.45, 7) is 10.4. The van der Waals surface area contributed by atoms with Crippen molar-refractivity contribution in [2.24, 2.45) is 0 Å². The largest absolute Gasteiger partial charge is 0.317 e. The predicted octanol–water partition coefficient (Wildman–Crippen LogP) is 3.67. The fraction of sp³-hybridized carbons (Fsp3) is 1.00. The minimum Gasteiger partial charge on any atom is -0.317 e. The molecule has 0 radical (unpaired) electrons. The molecule has 0 heterocycles. The molecular formula is C15H34N2. The molecule has 0 aliphatic carbocycles. The van der Waals surface area contributed by atoms with E-state index in [1.165, 1.54) is 64.6 Å². The molecule has 0 aromatic rings. The van der Waals surface area contributed by atoms with Crippen LogP contribution in [-0.4, -0.2) is 37.6 Å². The SMILES string of the molecule is CCCCCCCC(CCN(CC)CC)NC. The van der Waals surface area contributed by atoms with Gasteiger partial charge in [0.1, 0.15) is 0 Å². The zero-order valence-electron chi connectivity index (χ0n) is 12.6. The number of unbranched alkanes of at least 4 members (excludes halogenated alkanes) is 4. The average Bonchev–Trinajstić information content (AvgIpc) is 2.37. The van der Waals surface area contributed by atoms with Gasteiger partial charge in [0.05, 0.1) is 0 Å². The van der Waals surface area contributed by atoms with Crippen LogP contribution in [0.15, 0.2) is 0 Å². The second-order valence-electron chi connectivity index (χ2n) is 5.00. The van der Waals surface area contributed by atoms with Crippen molar-refractivity contribution in [3.05, 3.63) is 0 Å². The van der Waals surface area contributed by atoms with Crippen LogP contribution < -0.4 is 5.32 Å². The molecule has 0 amide bonds. The van der Waals surface area contributed by atoms with Gasteiger partial charge in [0.2, 0.25) is 0 Å². The Kier molecular flexibility index (Phi) is 12.3. The van der Waals surface area contributed by atoms with Crippen LogP contribution in [0.2, 0.25) is 0 Å². The number of nitrogens with zero attached hydrogens (tertiary/aromatic N) is 1. The monoisotopic (exact) mass is 242 g/mol. The van der Waals surface area contributed by atoms with Gasteiger partial charge in [-0.15, -0.1) is 0 Å². The molecule has 0 bridgehead atoms. The van der Waals surface area contributed by atoms with Crippen molar-refractivity contribution < 1.29 is 0 Å². The molecule has 0 spiro atoms. The number of rotatable bonds is 12. The molecule has 2 nitrogen and oxygen atoms in total. The minimum atomic E-state index is 0.720. The molecule has 2 heteroatoms. The average molecular weight is 242 g/mol. The molecule has 104 valence electrons. The highest BCUT2D eigenvalue weighted by molar-refractivity contribution is 4.67. The summed E-state index contributed by atoms with van der Waals surface area (Å²) in [5.74, 6) is 0. The summed E-state index contributed by atoms with van der Waals surface area (Å²) in [4.78, 5) is 2.52. The molecule has 0 saturated carbocycles. The van der Waals surface area contributed by atoms with Crippen molar-refractivity contribution in [3.8, 4) is 0 Å². The first-order valence-corrected chi connectivity index (χ1v) is 7.68. The zero-order valence-corrected chi connectivity index (χ0v) is 12.6. The van der Waals surface area contributed by atoms with Crippen LogP contribution in [0.25, 0.3) is 0 Å². The summed E-state index contributed by atoms with van der Waals surface area (Å²) in [6.07, 6.45) is 9.62. The van der Waals surface area contributed by atoms with Gasteiger partial charge in [-0.2, -0.15) is 0 Å². The van der Waals surface area contributed by atoms with Gasteiger partial charge < -0.3 is 10.2 Å².